The molecule has 0 bridgehead atoms. The van der Waals surface area contributed by atoms with E-state index in [4.69, 9.17) is 15.7 Å². The third kappa shape index (κ3) is 4.49. The molecule has 3 heterocycles. The van der Waals surface area contributed by atoms with Crippen LogP contribution in [0.2, 0.25) is 0 Å². The van der Waals surface area contributed by atoms with E-state index < -0.39 is 11.6 Å². The number of piperazine rings is 1. The second kappa shape index (κ2) is 9.59. The highest BCUT2D eigenvalue weighted by Gasteiger charge is 2.25. The van der Waals surface area contributed by atoms with Crippen LogP contribution in [0.3, 0.4) is 0 Å². The summed E-state index contributed by atoms with van der Waals surface area (Å²) in [6, 6.07) is 22.8. The molecule has 2 aromatic heterocycles. The number of fused-ring (bicyclic) bond motifs is 1. The summed E-state index contributed by atoms with van der Waals surface area (Å²) in [6.07, 6.45) is 0. The van der Waals surface area contributed by atoms with Gasteiger partial charge in [0, 0.05) is 38.3 Å². The number of nitrogens with zero attached hydrogens (tertiary/aromatic N) is 6. The molecule has 3 aromatic carbocycles. The van der Waals surface area contributed by atoms with Crippen LogP contribution in [0.25, 0.3) is 28.0 Å². The minimum Gasteiger partial charge on any atom is -0.383 e. The van der Waals surface area contributed by atoms with Crippen molar-refractivity contribution in [3.8, 4) is 16.9 Å². The van der Waals surface area contributed by atoms with E-state index in [9.17, 15) is 8.78 Å². The third-order valence-electron chi connectivity index (χ3n) is 6.64. The summed E-state index contributed by atoms with van der Waals surface area (Å²) in [6.45, 7) is 3.99. The summed E-state index contributed by atoms with van der Waals surface area (Å²) >= 11 is 0. The third-order valence-corrected chi connectivity index (χ3v) is 6.64. The molecular formula is C28H25F2N7. The smallest absolute Gasteiger partial charge is 0.228 e. The molecule has 37 heavy (non-hydrogen) atoms. The first-order chi connectivity index (χ1) is 18.1. The van der Waals surface area contributed by atoms with Gasteiger partial charge in [0.1, 0.15) is 17.5 Å². The Morgan fingerprint density at radius 2 is 1.57 bits per heavy atom. The maximum atomic E-state index is 15.0. The highest BCUT2D eigenvalue weighted by atomic mass is 19.1. The first-order valence-electron chi connectivity index (χ1n) is 12.1. The molecule has 186 valence electrons. The van der Waals surface area contributed by atoms with E-state index in [-0.39, 0.29) is 5.82 Å². The van der Waals surface area contributed by atoms with Crippen molar-refractivity contribution in [3.63, 3.8) is 0 Å². The average Bonchev–Trinajstić information content (AvgIpc) is 3.26. The summed E-state index contributed by atoms with van der Waals surface area (Å²) in [4.78, 5) is 14.0. The number of benzene rings is 3. The molecule has 0 saturated carbocycles. The topological polar surface area (TPSA) is 76.1 Å². The summed E-state index contributed by atoms with van der Waals surface area (Å²) in [5, 5.41) is 5.01. The molecule has 1 aliphatic heterocycles. The standard InChI is InChI=1S/C28H25F2N7/c29-20-9-6-10-21(17-20)37-26(31)24-25(22-11-4-5-12-23(22)30)32-28(33-27(24)34-37)36-15-13-35(14-16-36)18-19-7-2-1-3-8-19/h1-12,17H,13-16,18,31H2. The number of hydrogen-bond donors (Lipinski definition) is 1. The van der Waals surface area contributed by atoms with Crippen LogP contribution >= 0.6 is 0 Å². The monoisotopic (exact) mass is 497 g/mol. The van der Waals surface area contributed by atoms with Crippen molar-refractivity contribution in [2.75, 3.05) is 36.8 Å². The van der Waals surface area contributed by atoms with Crippen molar-refractivity contribution >= 4 is 22.8 Å². The number of rotatable bonds is 5. The number of halogens is 2. The van der Waals surface area contributed by atoms with E-state index in [1.807, 2.05) is 18.2 Å². The molecule has 5 aromatic rings. The van der Waals surface area contributed by atoms with Gasteiger partial charge in [0.15, 0.2) is 5.65 Å². The molecule has 0 unspecified atom stereocenters. The number of nitrogen functional groups attached to an aromatic ring is 1. The van der Waals surface area contributed by atoms with Crippen LogP contribution in [-0.4, -0.2) is 50.8 Å². The molecular weight excluding hydrogens is 472 g/mol. The molecule has 7 nitrogen and oxygen atoms in total. The number of hydrogen-bond acceptors (Lipinski definition) is 6. The van der Waals surface area contributed by atoms with E-state index in [2.05, 4.69) is 27.0 Å². The minimum atomic E-state index is -0.418. The van der Waals surface area contributed by atoms with Gasteiger partial charge in [0.05, 0.1) is 16.8 Å². The predicted octanol–water partition coefficient (Wildman–Crippen LogP) is 4.67. The fourth-order valence-corrected chi connectivity index (χ4v) is 4.74. The van der Waals surface area contributed by atoms with Crippen LogP contribution in [0.4, 0.5) is 20.5 Å². The lowest BCUT2D eigenvalue weighted by molar-refractivity contribution is 0.249. The van der Waals surface area contributed by atoms with Crippen LogP contribution in [0.15, 0.2) is 78.9 Å². The second-order valence-electron chi connectivity index (χ2n) is 9.08. The lowest BCUT2D eigenvalue weighted by Gasteiger charge is -2.34. The van der Waals surface area contributed by atoms with E-state index in [0.717, 1.165) is 32.7 Å². The Labute approximate surface area is 212 Å². The van der Waals surface area contributed by atoms with Crippen LogP contribution in [0.5, 0.6) is 0 Å². The highest BCUT2D eigenvalue weighted by molar-refractivity contribution is 5.99. The van der Waals surface area contributed by atoms with Crippen molar-refractivity contribution in [2.45, 2.75) is 6.54 Å². The molecule has 6 rings (SSSR count). The normalized spacial score (nSPS) is 14.4. The van der Waals surface area contributed by atoms with Crippen molar-refractivity contribution in [2.24, 2.45) is 0 Å². The van der Waals surface area contributed by atoms with Crippen molar-refractivity contribution in [1.29, 1.82) is 0 Å². The van der Waals surface area contributed by atoms with E-state index in [1.165, 1.54) is 28.4 Å². The maximum Gasteiger partial charge on any atom is 0.228 e. The summed E-state index contributed by atoms with van der Waals surface area (Å²) in [5.41, 5.74) is 9.21. The summed E-state index contributed by atoms with van der Waals surface area (Å²) in [7, 11) is 0. The van der Waals surface area contributed by atoms with Gasteiger partial charge >= 0.3 is 0 Å². The molecule has 9 heteroatoms. The van der Waals surface area contributed by atoms with Crippen LogP contribution < -0.4 is 10.6 Å². The lowest BCUT2D eigenvalue weighted by Crippen LogP contribution is -2.46. The molecule has 0 aliphatic carbocycles. The zero-order chi connectivity index (χ0) is 25.4. The molecule has 1 aliphatic rings. The van der Waals surface area contributed by atoms with Crippen LogP contribution in [0.1, 0.15) is 5.56 Å². The Kier molecular flexibility index (Phi) is 5.97. The minimum absolute atomic E-state index is 0.220. The first kappa shape index (κ1) is 23.1. The van der Waals surface area contributed by atoms with Gasteiger partial charge in [-0.25, -0.2) is 18.4 Å². The number of anilines is 2. The van der Waals surface area contributed by atoms with Gasteiger partial charge in [0.2, 0.25) is 5.95 Å². The largest absolute Gasteiger partial charge is 0.383 e. The molecule has 1 fully saturated rings. The maximum absolute atomic E-state index is 15.0. The molecule has 0 spiro atoms. The van der Waals surface area contributed by atoms with E-state index in [1.54, 1.807) is 30.3 Å². The van der Waals surface area contributed by atoms with Gasteiger partial charge < -0.3 is 10.6 Å². The Morgan fingerprint density at radius 1 is 0.811 bits per heavy atom. The number of nitrogens with two attached hydrogens (primary N) is 1. The fourth-order valence-electron chi connectivity index (χ4n) is 4.74. The van der Waals surface area contributed by atoms with Crippen molar-refractivity contribution in [3.05, 3.63) is 96.1 Å². The van der Waals surface area contributed by atoms with E-state index >= 15 is 0 Å². The fraction of sp³-hybridized carbons (Fsp3) is 0.179. The van der Waals surface area contributed by atoms with Gasteiger partial charge in [-0.2, -0.15) is 4.98 Å². The zero-order valence-corrected chi connectivity index (χ0v) is 20.1. The van der Waals surface area contributed by atoms with Crippen molar-refractivity contribution < 1.29 is 8.78 Å². The lowest BCUT2D eigenvalue weighted by atomic mass is 10.1. The van der Waals surface area contributed by atoms with Crippen molar-refractivity contribution in [1.82, 2.24) is 24.6 Å². The van der Waals surface area contributed by atoms with Gasteiger partial charge in [-0.05, 0) is 35.9 Å². The Balaban J connectivity index is 1.39. The average molecular weight is 498 g/mol. The molecule has 1 saturated heterocycles. The quantitative estimate of drug-likeness (QED) is 0.381. The van der Waals surface area contributed by atoms with Gasteiger partial charge in [-0.15, -0.1) is 5.10 Å². The molecule has 0 atom stereocenters. The molecule has 0 radical (unpaired) electrons. The second-order valence-corrected chi connectivity index (χ2v) is 9.08. The van der Waals surface area contributed by atoms with Crippen LogP contribution in [0, 0.1) is 11.6 Å². The Bertz CT molecular complexity index is 1560. The Morgan fingerprint density at radius 3 is 2.32 bits per heavy atom. The molecule has 2 N–H and O–H groups in total. The Hall–Kier alpha value is -4.37. The number of aromatic nitrogens is 4. The predicted molar refractivity (Wildman–Crippen MR) is 140 cm³/mol. The zero-order valence-electron chi connectivity index (χ0n) is 20.1. The van der Waals surface area contributed by atoms with Gasteiger partial charge in [-0.1, -0.05) is 48.5 Å². The van der Waals surface area contributed by atoms with Gasteiger partial charge in [0.25, 0.3) is 0 Å². The van der Waals surface area contributed by atoms with E-state index in [0.29, 0.717) is 33.9 Å². The van der Waals surface area contributed by atoms with Gasteiger partial charge in [-0.3, -0.25) is 4.90 Å². The highest BCUT2D eigenvalue weighted by Crippen LogP contribution is 2.34. The van der Waals surface area contributed by atoms with Crippen LogP contribution in [-0.2, 0) is 6.54 Å². The molecule has 0 amide bonds. The SMILES string of the molecule is Nc1c2c(-c3ccccc3F)nc(N3CCN(Cc4ccccc4)CC3)nc2nn1-c1cccc(F)c1. The summed E-state index contributed by atoms with van der Waals surface area (Å²) < 4.78 is 30.3. The summed E-state index contributed by atoms with van der Waals surface area (Å²) in [5.74, 6) is -0.142. The first-order valence-corrected chi connectivity index (χ1v) is 12.1.